The highest BCUT2D eigenvalue weighted by molar-refractivity contribution is 5.77. The van der Waals surface area contributed by atoms with E-state index in [0.717, 1.165) is 5.39 Å². The highest BCUT2D eigenvalue weighted by Crippen LogP contribution is 2.30. The van der Waals surface area contributed by atoms with Crippen molar-refractivity contribution in [2.45, 2.75) is 6.18 Å². The summed E-state index contributed by atoms with van der Waals surface area (Å²) in [5.41, 5.74) is 1.88. The molecule has 0 saturated heterocycles. The molecule has 0 saturated carbocycles. The van der Waals surface area contributed by atoms with Crippen LogP contribution in [0, 0.1) is 0 Å². The number of nitrogens with zero attached hydrogens (tertiary/aromatic N) is 5. The lowest BCUT2D eigenvalue weighted by atomic mass is 10.1. The minimum atomic E-state index is -4.69. The van der Waals surface area contributed by atoms with Crippen molar-refractivity contribution in [2.75, 3.05) is 0 Å². The molecule has 6 nitrogen and oxygen atoms in total. The number of alkyl halides is 3. The lowest BCUT2D eigenvalue weighted by Crippen LogP contribution is -2.04. The zero-order chi connectivity index (χ0) is 17.4. The molecule has 0 aliphatic heterocycles. The average Bonchev–Trinajstić information content (AvgIpc) is 3.12. The van der Waals surface area contributed by atoms with Crippen LogP contribution in [0.25, 0.3) is 33.8 Å². The third-order valence-electron chi connectivity index (χ3n) is 3.41. The molecule has 0 aromatic carbocycles. The Morgan fingerprint density at radius 1 is 0.880 bits per heavy atom. The van der Waals surface area contributed by atoms with Gasteiger partial charge in [0.15, 0.2) is 5.65 Å². The molecule has 0 N–H and O–H groups in total. The van der Waals surface area contributed by atoms with E-state index in [-0.39, 0.29) is 5.82 Å². The van der Waals surface area contributed by atoms with Crippen LogP contribution in [-0.4, -0.2) is 25.1 Å². The van der Waals surface area contributed by atoms with E-state index >= 15 is 0 Å². The fraction of sp³-hybridized carbons (Fsp3) is 0.0625. The Hall–Kier alpha value is -3.36. The van der Waals surface area contributed by atoms with E-state index in [4.69, 9.17) is 0 Å². The van der Waals surface area contributed by atoms with Crippen molar-refractivity contribution in [3.05, 3.63) is 54.7 Å². The Balaban J connectivity index is 1.74. The summed E-state index contributed by atoms with van der Waals surface area (Å²) < 4.78 is 42.0. The molecule has 4 rings (SSSR count). The smallest absolute Gasteiger partial charge is 0.329 e. The highest BCUT2D eigenvalue weighted by Gasteiger charge is 2.38. The molecule has 0 amide bonds. The molecule has 0 atom stereocenters. The maximum absolute atomic E-state index is 12.6. The van der Waals surface area contributed by atoms with Crippen LogP contribution in [0.3, 0.4) is 0 Å². The number of halogens is 3. The van der Waals surface area contributed by atoms with Crippen molar-refractivity contribution in [3.63, 3.8) is 0 Å². The van der Waals surface area contributed by atoms with Crippen LogP contribution in [0.5, 0.6) is 0 Å². The molecule has 9 heteroatoms. The maximum Gasteiger partial charge on any atom is 0.471 e. The van der Waals surface area contributed by atoms with E-state index < -0.39 is 12.1 Å². The minimum Gasteiger partial charge on any atom is -0.329 e. The summed E-state index contributed by atoms with van der Waals surface area (Å²) in [5, 5.41) is 4.24. The first-order chi connectivity index (χ1) is 12.0. The summed E-state index contributed by atoms with van der Waals surface area (Å²) >= 11 is 0. The van der Waals surface area contributed by atoms with Gasteiger partial charge in [-0.15, -0.1) is 0 Å². The van der Waals surface area contributed by atoms with Gasteiger partial charge in [-0.1, -0.05) is 5.16 Å². The van der Waals surface area contributed by atoms with Crippen molar-refractivity contribution in [1.82, 2.24) is 25.1 Å². The van der Waals surface area contributed by atoms with E-state index in [1.54, 1.807) is 24.4 Å². The first-order valence-corrected chi connectivity index (χ1v) is 7.10. The van der Waals surface area contributed by atoms with E-state index in [2.05, 4.69) is 29.6 Å². The normalized spacial score (nSPS) is 11.8. The average molecular weight is 343 g/mol. The molecule has 0 unspecified atom stereocenters. The fourth-order valence-electron chi connectivity index (χ4n) is 2.26. The molecule has 4 aromatic rings. The third kappa shape index (κ3) is 2.91. The zero-order valence-electron chi connectivity index (χ0n) is 12.4. The molecule has 0 bridgehead atoms. The van der Waals surface area contributed by atoms with E-state index in [9.17, 15) is 13.2 Å². The summed E-state index contributed by atoms with van der Waals surface area (Å²) in [7, 11) is 0. The number of hydrogen-bond donors (Lipinski definition) is 0. The van der Waals surface area contributed by atoms with Gasteiger partial charge in [-0.2, -0.15) is 18.2 Å². The van der Waals surface area contributed by atoms with Gasteiger partial charge in [0, 0.05) is 23.3 Å². The van der Waals surface area contributed by atoms with Crippen LogP contribution in [0.1, 0.15) is 5.89 Å². The molecule has 4 aromatic heterocycles. The number of rotatable bonds is 2. The van der Waals surface area contributed by atoms with Crippen molar-refractivity contribution in [1.29, 1.82) is 0 Å². The van der Waals surface area contributed by atoms with Gasteiger partial charge in [0.1, 0.15) is 0 Å². The van der Waals surface area contributed by atoms with Crippen LogP contribution in [0.15, 0.2) is 53.3 Å². The second kappa shape index (κ2) is 5.62. The van der Waals surface area contributed by atoms with Gasteiger partial charge in [-0.05, 0) is 36.4 Å². The Kier molecular flexibility index (Phi) is 3.41. The molecule has 124 valence electrons. The zero-order valence-corrected chi connectivity index (χ0v) is 12.4. The molecule has 25 heavy (non-hydrogen) atoms. The van der Waals surface area contributed by atoms with Gasteiger partial charge in [0.2, 0.25) is 5.82 Å². The number of hydrogen-bond acceptors (Lipinski definition) is 6. The number of pyridine rings is 3. The summed E-state index contributed by atoms with van der Waals surface area (Å²) in [5.74, 6) is -1.57. The van der Waals surface area contributed by atoms with Crippen molar-refractivity contribution in [3.8, 4) is 22.8 Å². The predicted octanol–water partition coefficient (Wildman–Crippen LogP) is 3.76. The van der Waals surface area contributed by atoms with Crippen LogP contribution < -0.4 is 0 Å². The quantitative estimate of drug-likeness (QED) is 0.551. The fourth-order valence-corrected chi connectivity index (χ4v) is 2.26. The van der Waals surface area contributed by atoms with Crippen LogP contribution in [-0.2, 0) is 6.18 Å². The first-order valence-electron chi connectivity index (χ1n) is 7.10. The summed E-state index contributed by atoms with van der Waals surface area (Å²) in [6.45, 7) is 0. The second-order valence-corrected chi connectivity index (χ2v) is 5.10. The minimum absolute atomic E-state index is 0.171. The summed E-state index contributed by atoms with van der Waals surface area (Å²) in [4.78, 5) is 16.2. The molecule has 0 aliphatic rings. The van der Waals surface area contributed by atoms with Gasteiger partial charge in [-0.3, -0.25) is 4.98 Å². The first kappa shape index (κ1) is 15.2. The summed E-state index contributed by atoms with van der Waals surface area (Å²) in [6.07, 6.45) is -1.62. The van der Waals surface area contributed by atoms with Crippen LogP contribution in [0.2, 0.25) is 0 Å². The standard InChI is InChI=1S/C16H8F3N5O/c17-16(18,19)15-23-14(24-25-15)10-5-7-20-12(8-10)11-4-3-9-2-1-6-21-13(9)22-11/h1-8H. The van der Waals surface area contributed by atoms with Crippen molar-refractivity contribution < 1.29 is 17.7 Å². The van der Waals surface area contributed by atoms with Crippen LogP contribution >= 0.6 is 0 Å². The predicted molar refractivity (Wildman–Crippen MR) is 81.1 cm³/mol. The molecule has 0 fully saturated rings. The van der Waals surface area contributed by atoms with Gasteiger partial charge in [0.05, 0.1) is 11.4 Å². The molecular formula is C16H8F3N5O. The molecule has 0 aliphatic carbocycles. The Morgan fingerprint density at radius 2 is 1.76 bits per heavy atom. The second-order valence-electron chi connectivity index (χ2n) is 5.10. The topological polar surface area (TPSA) is 77.6 Å². The summed E-state index contributed by atoms with van der Waals surface area (Å²) in [6, 6.07) is 10.3. The molecular weight excluding hydrogens is 335 g/mol. The highest BCUT2D eigenvalue weighted by atomic mass is 19.4. The largest absolute Gasteiger partial charge is 0.471 e. The van der Waals surface area contributed by atoms with Crippen LogP contribution in [0.4, 0.5) is 13.2 Å². The van der Waals surface area contributed by atoms with E-state index in [1.165, 1.54) is 12.3 Å². The molecule has 4 heterocycles. The van der Waals surface area contributed by atoms with Crippen molar-refractivity contribution in [2.24, 2.45) is 0 Å². The van der Waals surface area contributed by atoms with Crippen molar-refractivity contribution >= 4 is 11.0 Å². The lowest BCUT2D eigenvalue weighted by Gasteiger charge is -2.03. The maximum atomic E-state index is 12.6. The monoisotopic (exact) mass is 343 g/mol. The Bertz CT molecular complexity index is 1060. The Labute approximate surface area is 138 Å². The van der Waals surface area contributed by atoms with Gasteiger partial charge in [0.25, 0.3) is 0 Å². The number of aromatic nitrogens is 5. The number of fused-ring (bicyclic) bond motifs is 1. The third-order valence-corrected chi connectivity index (χ3v) is 3.41. The Morgan fingerprint density at radius 3 is 2.56 bits per heavy atom. The SMILES string of the molecule is FC(F)(F)c1nc(-c2ccnc(-c3ccc4cccnc4n3)c2)no1. The molecule has 0 spiro atoms. The van der Waals surface area contributed by atoms with Gasteiger partial charge in [-0.25, -0.2) is 9.97 Å². The van der Waals surface area contributed by atoms with Gasteiger partial charge < -0.3 is 4.52 Å². The van der Waals surface area contributed by atoms with E-state index in [0.29, 0.717) is 22.6 Å². The van der Waals surface area contributed by atoms with Gasteiger partial charge >= 0.3 is 12.1 Å². The molecule has 0 radical (unpaired) electrons. The lowest BCUT2D eigenvalue weighted by molar-refractivity contribution is -0.159. The van der Waals surface area contributed by atoms with E-state index in [1.807, 2.05) is 12.1 Å².